The Morgan fingerprint density at radius 1 is 1.32 bits per heavy atom. The first-order chi connectivity index (χ1) is 10.4. The molecule has 0 spiro atoms. The molecule has 2 aromatic rings. The van der Waals surface area contributed by atoms with Gasteiger partial charge in [0.2, 0.25) is 0 Å². The highest BCUT2D eigenvalue weighted by Gasteiger charge is 2.15. The normalized spacial score (nSPS) is 10.8. The van der Waals surface area contributed by atoms with Crippen LogP contribution in [0.3, 0.4) is 0 Å². The lowest BCUT2D eigenvalue weighted by atomic mass is 10.1. The van der Waals surface area contributed by atoms with Gasteiger partial charge in [-0.1, -0.05) is 12.1 Å². The molecule has 2 amide bonds. The molecular formula is C15H16N4O3. The second-order valence-electron chi connectivity index (χ2n) is 4.72. The zero-order valence-corrected chi connectivity index (χ0v) is 12.2. The van der Waals surface area contributed by atoms with Gasteiger partial charge in [0.05, 0.1) is 17.5 Å². The minimum absolute atomic E-state index is 0.211. The first kappa shape index (κ1) is 15.3. The number of para-hydroxylation sites is 1. The standard InChI is InChI=1S/C15H16N4O3/c1-9-7-11(8-17-18-15(16)22)10(2)19(9)13-6-4-3-5-12(13)14(20)21/h3-8H,1-2H3,(H,20,21)(H3,16,18,22)/b17-8-. The third-order valence-corrected chi connectivity index (χ3v) is 3.22. The van der Waals surface area contributed by atoms with E-state index in [2.05, 4.69) is 10.5 Å². The lowest BCUT2D eigenvalue weighted by Crippen LogP contribution is -2.24. The molecule has 1 heterocycles. The molecule has 7 heteroatoms. The molecular weight excluding hydrogens is 284 g/mol. The molecule has 0 aliphatic rings. The second kappa shape index (κ2) is 6.13. The van der Waals surface area contributed by atoms with Crippen LogP contribution in [-0.2, 0) is 0 Å². The van der Waals surface area contributed by atoms with Gasteiger partial charge in [0.1, 0.15) is 0 Å². The number of urea groups is 1. The topological polar surface area (TPSA) is 110 Å². The molecule has 114 valence electrons. The van der Waals surface area contributed by atoms with Crippen molar-refractivity contribution >= 4 is 18.2 Å². The smallest absolute Gasteiger partial charge is 0.337 e. The number of carbonyl (C=O) groups is 2. The predicted molar refractivity (Wildman–Crippen MR) is 82.5 cm³/mol. The maximum atomic E-state index is 11.4. The summed E-state index contributed by atoms with van der Waals surface area (Å²) in [5.41, 5.74) is 10.3. The quantitative estimate of drug-likeness (QED) is 0.591. The fourth-order valence-electron chi connectivity index (χ4n) is 2.30. The number of aryl methyl sites for hydroxylation is 1. The highest BCUT2D eigenvalue weighted by atomic mass is 16.4. The fraction of sp³-hybridized carbons (Fsp3) is 0.133. The third-order valence-electron chi connectivity index (χ3n) is 3.22. The van der Waals surface area contributed by atoms with Gasteiger partial charge < -0.3 is 15.4 Å². The van der Waals surface area contributed by atoms with Crippen LogP contribution in [0.1, 0.15) is 27.3 Å². The summed E-state index contributed by atoms with van der Waals surface area (Å²) in [5, 5.41) is 13.0. The van der Waals surface area contributed by atoms with Crippen LogP contribution in [-0.4, -0.2) is 27.9 Å². The minimum atomic E-state index is -0.992. The Balaban J connectivity index is 2.50. The summed E-state index contributed by atoms with van der Waals surface area (Å²) in [4.78, 5) is 22.0. The molecule has 0 saturated carbocycles. The third kappa shape index (κ3) is 2.98. The summed E-state index contributed by atoms with van der Waals surface area (Å²) in [6, 6.07) is 7.86. The molecule has 0 radical (unpaired) electrons. The van der Waals surface area contributed by atoms with E-state index in [1.807, 2.05) is 24.5 Å². The van der Waals surface area contributed by atoms with Gasteiger partial charge in [-0.05, 0) is 32.0 Å². The van der Waals surface area contributed by atoms with Crippen molar-refractivity contribution in [3.8, 4) is 5.69 Å². The first-order valence-electron chi connectivity index (χ1n) is 6.52. The number of carboxylic acids is 1. The van der Waals surface area contributed by atoms with Gasteiger partial charge in [0.15, 0.2) is 0 Å². The van der Waals surface area contributed by atoms with Gasteiger partial charge in [-0.15, -0.1) is 0 Å². The van der Waals surface area contributed by atoms with Gasteiger partial charge in [0.25, 0.3) is 0 Å². The summed E-state index contributed by atoms with van der Waals surface area (Å²) < 4.78 is 1.83. The van der Waals surface area contributed by atoms with Crippen LogP contribution < -0.4 is 11.2 Å². The van der Waals surface area contributed by atoms with Crippen molar-refractivity contribution in [2.45, 2.75) is 13.8 Å². The largest absolute Gasteiger partial charge is 0.478 e. The van der Waals surface area contributed by atoms with E-state index in [-0.39, 0.29) is 5.56 Å². The van der Waals surface area contributed by atoms with E-state index in [0.29, 0.717) is 5.69 Å². The van der Waals surface area contributed by atoms with Crippen LogP contribution in [0.5, 0.6) is 0 Å². The number of benzene rings is 1. The van der Waals surface area contributed by atoms with Crippen molar-refractivity contribution in [3.63, 3.8) is 0 Å². The highest BCUT2D eigenvalue weighted by molar-refractivity contribution is 5.92. The van der Waals surface area contributed by atoms with Gasteiger partial charge in [0, 0.05) is 17.0 Å². The van der Waals surface area contributed by atoms with E-state index in [1.165, 1.54) is 6.21 Å². The predicted octanol–water partition coefficient (Wildman–Crippen LogP) is 1.79. The lowest BCUT2D eigenvalue weighted by molar-refractivity contribution is 0.0697. The Morgan fingerprint density at radius 2 is 2.00 bits per heavy atom. The maximum Gasteiger partial charge on any atom is 0.337 e. The number of nitrogens with one attached hydrogen (secondary N) is 1. The molecule has 1 aromatic carbocycles. The second-order valence-corrected chi connectivity index (χ2v) is 4.72. The SMILES string of the molecule is Cc1cc(/C=N\NC(N)=O)c(C)n1-c1ccccc1C(=O)O. The zero-order valence-electron chi connectivity index (χ0n) is 12.2. The van der Waals surface area contributed by atoms with Crippen molar-refractivity contribution < 1.29 is 14.7 Å². The van der Waals surface area contributed by atoms with Crippen molar-refractivity contribution in [1.29, 1.82) is 0 Å². The Kier molecular flexibility index (Phi) is 4.26. The van der Waals surface area contributed by atoms with Crippen LogP contribution >= 0.6 is 0 Å². The molecule has 0 aliphatic carbocycles. The molecule has 2 rings (SSSR count). The summed E-state index contributed by atoms with van der Waals surface area (Å²) in [6.45, 7) is 3.71. The molecule has 7 nitrogen and oxygen atoms in total. The summed E-state index contributed by atoms with van der Waals surface area (Å²) >= 11 is 0. The van der Waals surface area contributed by atoms with Crippen LogP contribution in [0, 0.1) is 13.8 Å². The number of amides is 2. The molecule has 22 heavy (non-hydrogen) atoms. The van der Waals surface area contributed by atoms with E-state index < -0.39 is 12.0 Å². The van der Waals surface area contributed by atoms with Crippen molar-refractivity contribution in [1.82, 2.24) is 9.99 Å². The van der Waals surface area contributed by atoms with Crippen molar-refractivity contribution in [2.24, 2.45) is 10.8 Å². The summed E-state index contributed by atoms with van der Waals surface area (Å²) in [6.07, 6.45) is 1.47. The number of primary amides is 1. The van der Waals surface area contributed by atoms with Crippen LogP contribution in [0.4, 0.5) is 4.79 Å². The Bertz CT molecular complexity index is 762. The van der Waals surface area contributed by atoms with E-state index >= 15 is 0 Å². The molecule has 4 N–H and O–H groups in total. The highest BCUT2D eigenvalue weighted by Crippen LogP contribution is 2.22. The average molecular weight is 300 g/mol. The van der Waals surface area contributed by atoms with E-state index in [9.17, 15) is 14.7 Å². The number of nitrogens with zero attached hydrogens (tertiary/aromatic N) is 2. The molecule has 0 bridgehead atoms. The number of aromatic nitrogens is 1. The fourth-order valence-corrected chi connectivity index (χ4v) is 2.30. The van der Waals surface area contributed by atoms with E-state index in [4.69, 9.17) is 5.73 Å². The van der Waals surface area contributed by atoms with Crippen LogP contribution in [0.25, 0.3) is 5.69 Å². The van der Waals surface area contributed by atoms with Crippen LogP contribution in [0.15, 0.2) is 35.4 Å². The summed E-state index contributed by atoms with van der Waals surface area (Å²) in [7, 11) is 0. The summed E-state index contributed by atoms with van der Waals surface area (Å²) in [5.74, 6) is -0.992. The van der Waals surface area contributed by atoms with Gasteiger partial charge in [-0.25, -0.2) is 15.0 Å². The van der Waals surface area contributed by atoms with Gasteiger partial charge in [-0.2, -0.15) is 5.10 Å². The lowest BCUT2D eigenvalue weighted by Gasteiger charge is -2.12. The average Bonchev–Trinajstić information content (AvgIpc) is 2.73. The van der Waals surface area contributed by atoms with Crippen molar-refractivity contribution in [2.75, 3.05) is 0 Å². The zero-order chi connectivity index (χ0) is 16.3. The molecule has 0 saturated heterocycles. The number of hydrogen-bond acceptors (Lipinski definition) is 3. The Labute approximate surface area is 127 Å². The maximum absolute atomic E-state index is 11.4. The van der Waals surface area contributed by atoms with E-state index in [0.717, 1.165) is 17.0 Å². The number of rotatable bonds is 4. The Morgan fingerprint density at radius 3 is 2.64 bits per heavy atom. The monoisotopic (exact) mass is 300 g/mol. The molecule has 0 fully saturated rings. The molecule has 0 aliphatic heterocycles. The number of nitrogens with two attached hydrogens (primary N) is 1. The molecule has 1 aromatic heterocycles. The van der Waals surface area contributed by atoms with Gasteiger partial charge in [-0.3, -0.25) is 0 Å². The molecule has 0 atom stereocenters. The number of carbonyl (C=O) groups excluding carboxylic acids is 1. The Hall–Kier alpha value is -3.09. The van der Waals surface area contributed by atoms with Crippen LogP contribution in [0.2, 0.25) is 0 Å². The van der Waals surface area contributed by atoms with Gasteiger partial charge >= 0.3 is 12.0 Å². The van der Waals surface area contributed by atoms with E-state index in [1.54, 1.807) is 24.3 Å². The molecule has 0 unspecified atom stereocenters. The van der Waals surface area contributed by atoms with Crippen molar-refractivity contribution in [3.05, 3.63) is 52.8 Å². The minimum Gasteiger partial charge on any atom is -0.478 e. The number of carboxylic acid groups (broad SMARTS) is 1. The number of aromatic carboxylic acids is 1. The number of hydrazone groups is 1. The first-order valence-corrected chi connectivity index (χ1v) is 6.52. The number of hydrogen-bond donors (Lipinski definition) is 3.